The molecule has 1 fully saturated rings. The third-order valence-corrected chi connectivity index (χ3v) is 6.05. The van der Waals surface area contributed by atoms with Gasteiger partial charge >= 0.3 is 6.09 Å². The van der Waals surface area contributed by atoms with E-state index in [1.807, 2.05) is 18.4 Å². The number of carbonyl (C=O) groups is 1. The van der Waals surface area contributed by atoms with Crippen LogP contribution in [0.15, 0.2) is 60.0 Å². The Labute approximate surface area is 201 Å². The van der Waals surface area contributed by atoms with E-state index in [2.05, 4.69) is 10.2 Å². The molecule has 1 aliphatic rings. The number of halogens is 1. The SMILES string of the molecule is Cc1ccc(NC(=O)Oc2cccs2)c(OCC(O)CN2CCC(Oc3ccc(F)cc3)C2)c1. The molecule has 9 heteroatoms. The van der Waals surface area contributed by atoms with Gasteiger partial charge in [-0.15, -0.1) is 11.3 Å². The number of carbonyl (C=O) groups excluding carboxylic acids is 1. The van der Waals surface area contributed by atoms with Gasteiger partial charge in [0.15, 0.2) is 5.06 Å². The van der Waals surface area contributed by atoms with Crippen molar-refractivity contribution in [3.8, 4) is 16.6 Å². The molecule has 3 aromatic rings. The summed E-state index contributed by atoms with van der Waals surface area (Å²) in [6, 6.07) is 14.9. The first-order valence-electron chi connectivity index (χ1n) is 11.0. The Bertz CT molecular complexity index is 1080. The van der Waals surface area contributed by atoms with Gasteiger partial charge in [0.25, 0.3) is 0 Å². The fourth-order valence-electron chi connectivity index (χ4n) is 3.70. The lowest BCUT2D eigenvalue weighted by atomic mass is 10.2. The van der Waals surface area contributed by atoms with Crippen LogP contribution in [0.25, 0.3) is 0 Å². The average Bonchev–Trinajstić information content (AvgIpc) is 3.47. The van der Waals surface area contributed by atoms with Crippen LogP contribution < -0.4 is 19.5 Å². The molecule has 0 radical (unpaired) electrons. The molecule has 7 nitrogen and oxygen atoms in total. The normalized spacial score (nSPS) is 16.7. The number of hydrogen-bond acceptors (Lipinski definition) is 7. The predicted molar refractivity (Wildman–Crippen MR) is 129 cm³/mol. The minimum absolute atomic E-state index is 0.0134. The maximum Gasteiger partial charge on any atom is 0.418 e. The first-order chi connectivity index (χ1) is 16.4. The second kappa shape index (κ2) is 11.3. The standard InChI is InChI=1S/C25H27FN2O5S/c1-17-4-9-22(27-25(30)33-24-3-2-12-34-24)23(13-17)31-16-19(29)14-28-11-10-21(15-28)32-20-7-5-18(26)6-8-20/h2-9,12-13,19,21,29H,10-11,14-16H2,1H3,(H,27,30). The number of nitrogens with one attached hydrogen (secondary N) is 1. The molecule has 0 bridgehead atoms. The van der Waals surface area contributed by atoms with E-state index in [9.17, 15) is 14.3 Å². The third kappa shape index (κ3) is 6.93. The summed E-state index contributed by atoms with van der Waals surface area (Å²) < 4.78 is 30.1. The number of hydrogen-bond donors (Lipinski definition) is 2. The van der Waals surface area contributed by atoms with Crippen LogP contribution >= 0.6 is 11.3 Å². The van der Waals surface area contributed by atoms with Gasteiger partial charge in [0.1, 0.15) is 36.1 Å². The van der Waals surface area contributed by atoms with E-state index in [0.717, 1.165) is 18.5 Å². The average molecular weight is 487 g/mol. The van der Waals surface area contributed by atoms with Crippen molar-refractivity contribution >= 4 is 23.1 Å². The van der Waals surface area contributed by atoms with Crippen molar-refractivity contribution in [2.45, 2.75) is 25.6 Å². The van der Waals surface area contributed by atoms with Crippen molar-refractivity contribution in [1.82, 2.24) is 4.90 Å². The summed E-state index contributed by atoms with van der Waals surface area (Å²) in [5, 5.41) is 15.5. The summed E-state index contributed by atoms with van der Waals surface area (Å²) in [5.74, 6) is 0.797. The highest BCUT2D eigenvalue weighted by Gasteiger charge is 2.26. The van der Waals surface area contributed by atoms with E-state index in [1.165, 1.54) is 23.5 Å². The van der Waals surface area contributed by atoms with Gasteiger partial charge in [-0.1, -0.05) is 6.07 Å². The Kier molecular flexibility index (Phi) is 7.99. The second-order valence-corrected chi connectivity index (χ2v) is 9.06. The molecule has 0 saturated carbocycles. The van der Waals surface area contributed by atoms with Gasteiger partial charge in [-0.05, 0) is 72.8 Å². The molecular formula is C25H27FN2O5S. The van der Waals surface area contributed by atoms with E-state index >= 15 is 0 Å². The van der Waals surface area contributed by atoms with Gasteiger partial charge in [0.2, 0.25) is 0 Å². The molecule has 4 rings (SSSR count). The Morgan fingerprint density at radius 2 is 2.09 bits per heavy atom. The molecule has 2 aromatic carbocycles. The molecule has 2 N–H and O–H groups in total. The van der Waals surface area contributed by atoms with Gasteiger partial charge in [0.05, 0.1) is 5.69 Å². The largest absolute Gasteiger partial charge is 0.489 e. The van der Waals surface area contributed by atoms with Crippen LogP contribution in [-0.4, -0.2) is 54.5 Å². The van der Waals surface area contributed by atoms with Crippen LogP contribution in [-0.2, 0) is 0 Å². The molecule has 180 valence electrons. The summed E-state index contributed by atoms with van der Waals surface area (Å²) in [6.07, 6.45) is -0.527. The molecule has 2 heterocycles. The van der Waals surface area contributed by atoms with E-state index in [4.69, 9.17) is 14.2 Å². The molecular weight excluding hydrogens is 459 g/mol. The number of nitrogens with zero attached hydrogens (tertiary/aromatic N) is 1. The molecule has 34 heavy (non-hydrogen) atoms. The van der Waals surface area contributed by atoms with Gasteiger partial charge < -0.3 is 19.3 Å². The number of likely N-dealkylation sites (tertiary alicyclic amines) is 1. The van der Waals surface area contributed by atoms with Crippen LogP contribution in [0, 0.1) is 12.7 Å². The van der Waals surface area contributed by atoms with Crippen LogP contribution in [0.2, 0.25) is 0 Å². The zero-order valence-corrected chi connectivity index (χ0v) is 19.6. The number of aliphatic hydroxyl groups is 1. The highest BCUT2D eigenvalue weighted by atomic mass is 32.1. The molecule has 2 atom stereocenters. The topological polar surface area (TPSA) is 80.3 Å². The third-order valence-electron chi connectivity index (χ3n) is 5.31. The lowest BCUT2D eigenvalue weighted by Crippen LogP contribution is -2.35. The first-order valence-corrected chi connectivity index (χ1v) is 11.9. The second-order valence-electron chi connectivity index (χ2n) is 8.15. The van der Waals surface area contributed by atoms with Crippen molar-refractivity contribution in [3.05, 3.63) is 71.4 Å². The number of ether oxygens (including phenoxy) is 3. The maximum absolute atomic E-state index is 13.1. The van der Waals surface area contributed by atoms with Crippen LogP contribution in [0.3, 0.4) is 0 Å². The van der Waals surface area contributed by atoms with Gasteiger partial charge in [-0.2, -0.15) is 0 Å². The molecule has 1 aromatic heterocycles. The molecule has 0 spiro atoms. The number of aliphatic hydroxyl groups excluding tert-OH is 1. The Morgan fingerprint density at radius 3 is 2.85 bits per heavy atom. The number of anilines is 1. The number of rotatable bonds is 9. The van der Waals surface area contributed by atoms with E-state index in [1.54, 1.807) is 36.4 Å². The smallest absolute Gasteiger partial charge is 0.418 e. The molecule has 1 aliphatic heterocycles. The molecule has 1 saturated heterocycles. The number of thiophene rings is 1. The fraction of sp³-hybridized carbons (Fsp3) is 0.320. The van der Waals surface area contributed by atoms with Crippen molar-refractivity contribution in [2.75, 3.05) is 31.6 Å². The highest BCUT2D eigenvalue weighted by Crippen LogP contribution is 2.27. The Hall–Kier alpha value is -3.14. The number of benzene rings is 2. The van der Waals surface area contributed by atoms with E-state index in [0.29, 0.717) is 35.3 Å². The zero-order valence-electron chi connectivity index (χ0n) is 18.8. The quantitative estimate of drug-likeness (QED) is 0.457. The number of amides is 1. The van der Waals surface area contributed by atoms with Crippen molar-refractivity contribution in [1.29, 1.82) is 0 Å². The molecule has 0 aliphatic carbocycles. The minimum Gasteiger partial charge on any atom is -0.489 e. The summed E-state index contributed by atoms with van der Waals surface area (Å²) in [6.45, 7) is 3.87. The van der Waals surface area contributed by atoms with E-state index < -0.39 is 12.2 Å². The minimum atomic E-state index is -0.726. The van der Waals surface area contributed by atoms with Gasteiger partial charge in [-0.25, -0.2) is 9.18 Å². The summed E-state index contributed by atoms with van der Waals surface area (Å²) in [5.41, 5.74) is 1.43. The van der Waals surface area contributed by atoms with Gasteiger partial charge in [-0.3, -0.25) is 10.2 Å². The highest BCUT2D eigenvalue weighted by molar-refractivity contribution is 7.11. The fourth-order valence-corrected chi connectivity index (χ4v) is 4.27. The number of aryl methyl sites for hydroxylation is 1. The Balaban J connectivity index is 1.25. The van der Waals surface area contributed by atoms with Crippen LogP contribution in [0.1, 0.15) is 12.0 Å². The molecule has 2 unspecified atom stereocenters. The predicted octanol–water partition coefficient (Wildman–Crippen LogP) is 4.70. The monoisotopic (exact) mass is 486 g/mol. The zero-order chi connectivity index (χ0) is 23.9. The molecule has 1 amide bonds. The van der Waals surface area contributed by atoms with Gasteiger partial charge in [0, 0.05) is 19.6 Å². The summed E-state index contributed by atoms with van der Waals surface area (Å²) >= 11 is 1.32. The first kappa shape index (κ1) is 24.0. The van der Waals surface area contributed by atoms with Crippen molar-refractivity contribution in [2.24, 2.45) is 0 Å². The van der Waals surface area contributed by atoms with Crippen LogP contribution in [0.4, 0.5) is 14.9 Å². The van der Waals surface area contributed by atoms with Crippen molar-refractivity contribution in [3.63, 3.8) is 0 Å². The lowest BCUT2D eigenvalue weighted by Gasteiger charge is -2.21. The number of β-amino-alcohol motifs (C(OH)–C–C–N with tert-alkyl or cyclic N) is 1. The van der Waals surface area contributed by atoms with Crippen molar-refractivity contribution < 1.29 is 28.5 Å². The van der Waals surface area contributed by atoms with E-state index in [-0.39, 0.29) is 18.5 Å². The van der Waals surface area contributed by atoms with Crippen LogP contribution in [0.5, 0.6) is 16.6 Å². The lowest BCUT2D eigenvalue weighted by molar-refractivity contribution is 0.0722. The summed E-state index contributed by atoms with van der Waals surface area (Å²) in [4.78, 5) is 14.3. The Morgan fingerprint density at radius 1 is 1.26 bits per heavy atom. The summed E-state index contributed by atoms with van der Waals surface area (Å²) in [7, 11) is 0. The maximum atomic E-state index is 13.1.